The van der Waals surface area contributed by atoms with E-state index < -0.39 is 0 Å². The van der Waals surface area contributed by atoms with E-state index in [9.17, 15) is 0 Å². The Morgan fingerprint density at radius 1 is 1.08 bits per heavy atom. The van der Waals surface area contributed by atoms with Crippen LogP contribution in [0.4, 0.5) is 0 Å². The van der Waals surface area contributed by atoms with Gasteiger partial charge in [-0.05, 0) is 31.2 Å². The minimum absolute atomic E-state index is 0.636. The Morgan fingerprint density at radius 2 is 1.69 bits per heavy atom. The lowest BCUT2D eigenvalue weighted by Crippen LogP contribution is -2.25. The summed E-state index contributed by atoms with van der Waals surface area (Å²) in [6.07, 6.45) is 4.06. The molecule has 0 aliphatic heterocycles. The highest BCUT2D eigenvalue weighted by Crippen LogP contribution is 2.17. The minimum atomic E-state index is 0.636. The molecular weight excluding hydrogens is 158 g/mol. The zero-order valence-electron chi connectivity index (χ0n) is 10.1. The van der Waals surface area contributed by atoms with Crippen LogP contribution in [0, 0.1) is 11.8 Å². The van der Waals surface area contributed by atoms with Gasteiger partial charge in [0.1, 0.15) is 0 Å². The number of rotatable bonds is 7. The Labute approximate surface area is 84.3 Å². The molecule has 0 saturated carbocycles. The van der Waals surface area contributed by atoms with Gasteiger partial charge in [-0.2, -0.15) is 0 Å². The largest absolute Gasteiger partial charge is 0.315 e. The second kappa shape index (κ2) is 7.37. The summed E-state index contributed by atoms with van der Waals surface area (Å²) in [6.45, 7) is 12.6. The van der Waals surface area contributed by atoms with Gasteiger partial charge in [-0.15, -0.1) is 0 Å². The molecule has 1 heteroatoms. The number of hydrogen-bond acceptors (Lipinski definition) is 1. The first-order valence-corrected chi connectivity index (χ1v) is 5.79. The maximum atomic E-state index is 3.48. The first kappa shape index (κ1) is 13.0. The van der Waals surface area contributed by atoms with Crippen molar-refractivity contribution in [3.63, 3.8) is 0 Å². The van der Waals surface area contributed by atoms with Gasteiger partial charge in [0.05, 0.1) is 0 Å². The molecule has 0 fully saturated rings. The highest BCUT2D eigenvalue weighted by Gasteiger charge is 2.08. The van der Waals surface area contributed by atoms with Crippen molar-refractivity contribution in [1.29, 1.82) is 0 Å². The monoisotopic (exact) mass is 185 g/mol. The Morgan fingerprint density at radius 3 is 2.08 bits per heavy atom. The average molecular weight is 185 g/mol. The molecule has 1 unspecified atom stereocenters. The van der Waals surface area contributed by atoms with Gasteiger partial charge in [0.25, 0.3) is 0 Å². The molecule has 0 amide bonds. The van der Waals surface area contributed by atoms with Crippen molar-refractivity contribution in [2.45, 2.75) is 59.9 Å². The molecule has 1 N–H and O–H groups in total. The van der Waals surface area contributed by atoms with Crippen molar-refractivity contribution in [1.82, 2.24) is 5.32 Å². The van der Waals surface area contributed by atoms with Crippen LogP contribution in [0.3, 0.4) is 0 Å². The molecule has 1 nitrogen and oxygen atoms in total. The van der Waals surface area contributed by atoms with Crippen molar-refractivity contribution >= 4 is 0 Å². The molecule has 0 aromatic heterocycles. The summed E-state index contributed by atoms with van der Waals surface area (Å²) in [5, 5.41) is 3.48. The van der Waals surface area contributed by atoms with E-state index in [0.717, 1.165) is 11.8 Å². The van der Waals surface area contributed by atoms with E-state index in [1.54, 1.807) is 0 Å². The normalized spacial score (nSPS) is 14.1. The van der Waals surface area contributed by atoms with E-state index in [1.807, 2.05) is 0 Å². The van der Waals surface area contributed by atoms with Crippen molar-refractivity contribution in [2.24, 2.45) is 11.8 Å². The molecule has 0 bridgehead atoms. The molecule has 0 radical (unpaired) electrons. The molecule has 0 rings (SSSR count). The third-order valence-corrected chi connectivity index (χ3v) is 2.49. The van der Waals surface area contributed by atoms with Crippen LogP contribution in [0.2, 0.25) is 0 Å². The fourth-order valence-electron chi connectivity index (χ4n) is 1.73. The predicted octanol–water partition coefficient (Wildman–Crippen LogP) is 3.45. The highest BCUT2D eigenvalue weighted by molar-refractivity contribution is 4.62. The zero-order chi connectivity index (χ0) is 10.3. The van der Waals surface area contributed by atoms with Gasteiger partial charge in [-0.25, -0.2) is 0 Å². The molecule has 80 valence electrons. The Balaban J connectivity index is 3.48. The first-order valence-electron chi connectivity index (χ1n) is 5.79. The number of hydrogen-bond donors (Lipinski definition) is 1. The van der Waals surface area contributed by atoms with E-state index >= 15 is 0 Å². The van der Waals surface area contributed by atoms with Gasteiger partial charge < -0.3 is 5.32 Å². The van der Waals surface area contributed by atoms with Crippen molar-refractivity contribution < 1.29 is 0 Å². The summed E-state index contributed by atoms with van der Waals surface area (Å²) in [6, 6.07) is 0.636. The first-order chi connectivity index (χ1) is 6.06. The lowest BCUT2D eigenvalue weighted by atomic mass is 9.92. The van der Waals surface area contributed by atoms with Gasteiger partial charge in [-0.3, -0.25) is 0 Å². The molecule has 0 aromatic carbocycles. The summed E-state index contributed by atoms with van der Waals surface area (Å²) in [4.78, 5) is 0. The van der Waals surface area contributed by atoms with Gasteiger partial charge in [0.2, 0.25) is 0 Å². The maximum absolute atomic E-state index is 3.48. The Kier molecular flexibility index (Phi) is 7.35. The Bertz CT molecular complexity index is 108. The van der Waals surface area contributed by atoms with Crippen LogP contribution in [0.15, 0.2) is 0 Å². The van der Waals surface area contributed by atoms with E-state index in [2.05, 4.69) is 39.9 Å². The van der Waals surface area contributed by atoms with Crippen LogP contribution in [-0.2, 0) is 0 Å². The second-order valence-electron chi connectivity index (χ2n) is 4.80. The quantitative estimate of drug-likeness (QED) is 0.640. The topological polar surface area (TPSA) is 12.0 Å². The van der Waals surface area contributed by atoms with Gasteiger partial charge >= 0.3 is 0 Å². The lowest BCUT2D eigenvalue weighted by Gasteiger charge is -2.18. The maximum Gasteiger partial charge on any atom is 0.00103 e. The van der Waals surface area contributed by atoms with Crippen LogP contribution in [-0.4, -0.2) is 12.6 Å². The molecule has 0 saturated heterocycles. The molecule has 0 aliphatic carbocycles. The van der Waals surface area contributed by atoms with Crippen LogP contribution in [0.1, 0.15) is 53.9 Å². The summed E-state index contributed by atoms with van der Waals surface area (Å²) in [5.41, 5.74) is 0. The SMILES string of the molecule is CCC(CCNC(C)C)CC(C)C. The van der Waals surface area contributed by atoms with Crippen LogP contribution < -0.4 is 5.32 Å². The molecule has 1 atom stereocenters. The van der Waals surface area contributed by atoms with Crippen molar-refractivity contribution in [3.8, 4) is 0 Å². The van der Waals surface area contributed by atoms with Gasteiger partial charge in [0, 0.05) is 6.04 Å². The zero-order valence-corrected chi connectivity index (χ0v) is 10.1. The summed E-state index contributed by atoms with van der Waals surface area (Å²) in [7, 11) is 0. The average Bonchev–Trinajstić information content (AvgIpc) is 2.01. The molecule has 0 aromatic rings. The van der Waals surface area contributed by atoms with Crippen molar-refractivity contribution in [2.75, 3.05) is 6.54 Å². The molecule has 0 spiro atoms. The Hall–Kier alpha value is -0.0400. The fourth-order valence-corrected chi connectivity index (χ4v) is 1.73. The molecule has 13 heavy (non-hydrogen) atoms. The number of nitrogens with one attached hydrogen (secondary N) is 1. The minimum Gasteiger partial charge on any atom is -0.315 e. The lowest BCUT2D eigenvalue weighted by molar-refractivity contribution is 0.364. The third-order valence-electron chi connectivity index (χ3n) is 2.49. The third kappa shape index (κ3) is 8.29. The van der Waals surface area contributed by atoms with Gasteiger partial charge in [-0.1, -0.05) is 41.0 Å². The van der Waals surface area contributed by atoms with E-state index in [4.69, 9.17) is 0 Å². The van der Waals surface area contributed by atoms with Gasteiger partial charge in [0.15, 0.2) is 0 Å². The summed E-state index contributed by atoms with van der Waals surface area (Å²) < 4.78 is 0. The van der Waals surface area contributed by atoms with E-state index in [-0.39, 0.29) is 0 Å². The second-order valence-corrected chi connectivity index (χ2v) is 4.80. The predicted molar refractivity (Wildman–Crippen MR) is 61.0 cm³/mol. The van der Waals surface area contributed by atoms with E-state index in [1.165, 1.54) is 25.8 Å². The van der Waals surface area contributed by atoms with Crippen LogP contribution in [0.5, 0.6) is 0 Å². The summed E-state index contributed by atoms with van der Waals surface area (Å²) in [5.74, 6) is 1.77. The molecular formula is C12H27N. The fraction of sp³-hybridized carbons (Fsp3) is 1.00. The standard InChI is InChI=1S/C12H27N/c1-6-12(9-10(2)3)7-8-13-11(4)5/h10-13H,6-9H2,1-5H3. The molecule has 0 heterocycles. The van der Waals surface area contributed by atoms with E-state index in [0.29, 0.717) is 6.04 Å². The molecule has 0 aliphatic rings. The highest BCUT2D eigenvalue weighted by atomic mass is 14.9. The van der Waals surface area contributed by atoms with Crippen LogP contribution in [0.25, 0.3) is 0 Å². The van der Waals surface area contributed by atoms with Crippen LogP contribution >= 0.6 is 0 Å². The van der Waals surface area contributed by atoms with Crippen molar-refractivity contribution in [3.05, 3.63) is 0 Å². The smallest absolute Gasteiger partial charge is 0.00103 e. The summed E-state index contributed by atoms with van der Waals surface area (Å²) >= 11 is 0.